The van der Waals surface area contributed by atoms with Gasteiger partial charge in [0.2, 0.25) is 0 Å². The zero-order valence-electron chi connectivity index (χ0n) is 19.2. The summed E-state index contributed by atoms with van der Waals surface area (Å²) in [5.41, 5.74) is 12.5. The fraction of sp³-hybridized carbons (Fsp3) is 0.292. The topological polar surface area (TPSA) is 149 Å². The third-order valence-electron chi connectivity index (χ3n) is 5.96. The van der Waals surface area contributed by atoms with Gasteiger partial charge in [-0.15, -0.1) is 0 Å². The Labute approximate surface area is 202 Å². The van der Waals surface area contributed by atoms with Gasteiger partial charge >= 0.3 is 0 Å². The lowest BCUT2D eigenvalue weighted by molar-refractivity contribution is -0.114. The molecule has 3 heterocycles. The van der Waals surface area contributed by atoms with Crippen LogP contribution in [0.5, 0.6) is 0 Å². The van der Waals surface area contributed by atoms with Crippen LogP contribution in [-0.4, -0.2) is 50.4 Å². The van der Waals surface area contributed by atoms with Crippen molar-refractivity contribution < 1.29 is 9.90 Å². The number of anilines is 1. The molecule has 2 aromatic heterocycles. The third kappa shape index (κ3) is 6.11. The molecule has 11 heteroatoms. The first-order valence-corrected chi connectivity index (χ1v) is 11.2. The molecule has 11 nitrogen and oxygen atoms in total. The third-order valence-corrected chi connectivity index (χ3v) is 5.96. The standard InChI is InChI=1S/C24H27N9O2/c25-30-28-17-32-15-21(12-29-32)23-7-9-27-11-20(23)3-6-24(35)33(26)22-4-1-18(2-5-22)13-31-10-8-19(14-31)16-34/h1-7,9,11-12,15,19,34H,8,10,13-14,16-17,26H2/b6-3+. The van der Waals surface area contributed by atoms with Crippen LogP contribution < -0.4 is 10.9 Å². The maximum absolute atomic E-state index is 12.7. The number of benzene rings is 1. The molecule has 1 unspecified atom stereocenters. The van der Waals surface area contributed by atoms with Crippen LogP contribution in [0.4, 0.5) is 5.69 Å². The Hall–Kier alpha value is -4.02. The van der Waals surface area contributed by atoms with E-state index in [1.807, 2.05) is 30.3 Å². The van der Waals surface area contributed by atoms with Crippen molar-refractivity contribution >= 4 is 17.7 Å². The van der Waals surface area contributed by atoms with Gasteiger partial charge < -0.3 is 5.11 Å². The SMILES string of the molecule is [N-]=[N+]=NCn1cc(-c2ccncc2/C=C/C(=O)N(N)c2ccc(CN3CCC(CO)C3)cc2)cn1. The molecule has 4 rings (SSSR count). The molecule has 0 saturated carbocycles. The number of nitrogens with zero attached hydrogens (tertiary/aromatic N) is 8. The van der Waals surface area contributed by atoms with Crippen LogP contribution in [0.25, 0.3) is 27.6 Å². The van der Waals surface area contributed by atoms with Crippen LogP contribution in [0.15, 0.2) is 66.3 Å². The number of hydrogen-bond acceptors (Lipinski definition) is 7. The quantitative estimate of drug-likeness (QED) is 0.0928. The van der Waals surface area contributed by atoms with Crippen LogP contribution in [0.2, 0.25) is 0 Å². The Kier molecular flexibility index (Phi) is 7.86. The number of aliphatic hydroxyl groups excluding tert-OH is 1. The normalized spacial score (nSPS) is 15.9. The molecule has 0 aliphatic carbocycles. The first kappa shape index (κ1) is 24.1. The van der Waals surface area contributed by atoms with Crippen LogP contribution in [0.1, 0.15) is 17.5 Å². The number of aromatic nitrogens is 3. The first-order chi connectivity index (χ1) is 17.1. The zero-order chi connectivity index (χ0) is 24.6. The van der Waals surface area contributed by atoms with Gasteiger partial charge in [-0.1, -0.05) is 17.2 Å². The Balaban J connectivity index is 1.41. The summed E-state index contributed by atoms with van der Waals surface area (Å²) in [6.45, 7) is 3.00. The van der Waals surface area contributed by atoms with Gasteiger partial charge in [0.25, 0.3) is 5.91 Å². The second kappa shape index (κ2) is 11.4. The molecule has 1 saturated heterocycles. The number of pyridine rings is 1. The van der Waals surface area contributed by atoms with Gasteiger partial charge in [0.15, 0.2) is 0 Å². The van der Waals surface area contributed by atoms with Gasteiger partial charge in [-0.3, -0.25) is 19.4 Å². The van der Waals surface area contributed by atoms with E-state index in [0.717, 1.165) is 53.3 Å². The number of hydrogen-bond donors (Lipinski definition) is 2. The average Bonchev–Trinajstić information content (AvgIpc) is 3.56. The molecular weight excluding hydrogens is 446 g/mol. The van der Waals surface area contributed by atoms with Crippen molar-refractivity contribution in [2.24, 2.45) is 16.9 Å². The minimum absolute atomic E-state index is 0.0907. The van der Waals surface area contributed by atoms with E-state index in [0.29, 0.717) is 11.6 Å². The number of nitrogens with two attached hydrogens (primary N) is 1. The van der Waals surface area contributed by atoms with Crippen molar-refractivity contribution in [3.05, 3.63) is 82.8 Å². The van der Waals surface area contributed by atoms with Gasteiger partial charge in [-0.25, -0.2) is 10.9 Å². The summed E-state index contributed by atoms with van der Waals surface area (Å²) in [6, 6.07) is 9.40. The number of carbonyl (C=O) groups is 1. The fourth-order valence-corrected chi connectivity index (χ4v) is 4.07. The largest absolute Gasteiger partial charge is 0.396 e. The highest BCUT2D eigenvalue weighted by atomic mass is 16.3. The number of likely N-dealkylation sites (tertiary alicyclic amines) is 1. The van der Waals surface area contributed by atoms with Gasteiger partial charge in [-0.05, 0) is 59.8 Å². The van der Waals surface area contributed by atoms with E-state index in [4.69, 9.17) is 11.4 Å². The summed E-state index contributed by atoms with van der Waals surface area (Å²) in [4.78, 5) is 21.9. The van der Waals surface area contributed by atoms with Gasteiger partial charge in [-0.2, -0.15) is 5.10 Å². The number of rotatable bonds is 9. The Morgan fingerprint density at radius 1 is 1.31 bits per heavy atom. The molecule has 0 spiro atoms. The Morgan fingerprint density at radius 2 is 2.14 bits per heavy atom. The number of carbonyl (C=O) groups excluding carboxylic acids is 1. The maximum Gasteiger partial charge on any atom is 0.265 e. The number of azide groups is 1. The molecule has 1 aliphatic heterocycles. The molecule has 180 valence electrons. The Bertz CT molecular complexity index is 1230. The lowest BCUT2D eigenvalue weighted by Crippen LogP contribution is -2.36. The van der Waals surface area contributed by atoms with Crippen molar-refractivity contribution in [2.45, 2.75) is 19.6 Å². The van der Waals surface area contributed by atoms with E-state index in [1.54, 1.807) is 30.9 Å². The van der Waals surface area contributed by atoms with Crippen molar-refractivity contribution in [3.8, 4) is 11.1 Å². The number of hydrazine groups is 1. The zero-order valence-corrected chi connectivity index (χ0v) is 19.2. The van der Waals surface area contributed by atoms with E-state index >= 15 is 0 Å². The van der Waals surface area contributed by atoms with Gasteiger partial charge in [0, 0.05) is 60.4 Å². The minimum Gasteiger partial charge on any atom is -0.396 e. The number of aliphatic hydroxyl groups is 1. The predicted molar refractivity (Wildman–Crippen MR) is 132 cm³/mol. The van der Waals surface area contributed by atoms with Gasteiger partial charge in [0.1, 0.15) is 6.67 Å². The van der Waals surface area contributed by atoms with Crippen molar-refractivity contribution in [1.29, 1.82) is 0 Å². The van der Waals surface area contributed by atoms with Crippen molar-refractivity contribution in [2.75, 3.05) is 24.7 Å². The molecule has 0 radical (unpaired) electrons. The summed E-state index contributed by atoms with van der Waals surface area (Å²) in [5.74, 6) is 6.05. The smallest absolute Gasteiger partial charge is 0.265 e. The molecule has 0 bridgehead atoms. The van der Waals surface area contributed by atoms with E-state index in [1.165, 1.54) is 10.8 Å². The summed E-state index contributed by atoms with van der Waals surface area (Å²) in [7, 11) is 0. The fourth-order valence-electron chi connectivity index (χ4n) is 4.07. The van der Waals surface area contributed by atoms with Gasteiger partial charge in [0.05, 0.1) is 11.9 Å². The molecule has 35 heavy (non-hydrogen) atoms. The second-order valence-corrected chi connectivity index (χ2v) is 8.38. The van der Waals surface area contributed by atoms with Crippen LogP contribution in [0.3, 0.4) is 0 Å². The van der Waals surface area contributed by atoms with E-state index in [-0.39, 0.29) is 19.2 Å². The Morgan fingerprint density at radius 3 is 2.89 bits per heavy atom. The van der Waals surface area contributed by atoms with E-state index in [9.17, 15) is 9.90 Å². The van der Waals surface area contributed by atoms with Crippen molar-refractivity contribution in [3.63, 3.8) is 0 Å². The first-order valence-electron chi connectivity index (χ1n) is 11.2. The molecular formula is C24H27N9O2. The highest BCUT2D eigenvalue weighted by Gasteiger charge is 2.21. The average molecular weight is 474 g/mol. The highest BCUT2D eigenvalue weighted by Crippen LogP contribution is 2.24. The minimum atomic E-state index is -0.378. The van der Waals surface area contributed by atoms with E-state index < -0.39 is 0 Å². The van der Waals surface area contributed by atoms with Crippen LogP contribution >= 0.6 is 0 Å². The molecule has 1 amide bonds. The van der Waals surface area contributed by atoms with Crippen molar-refractivity contribution in [1.82, 2.24) is 19.7 Å². The summed E-state index contributed by atoms with van der Waals surface area (Å²) < 4.78 is 1.52. The summed E-state index contributed by atoms with van der Waals surface area (Å²) in [5, 5.41) is 18.1. The molecule has 3 aromatic rings. The number of amides is 1. The van der Waals surface area contributed by atoms with Crippen LogP contribution in [0, 0.1) is 5.92 Å². The molecule has 1 fully saturated rings. The summed E-state index contributed by atoms with van der Waals surface area (Å²) >= 11 is 0. The van der Waals surface area contributed by atoms with Crippen LogP contribution in [-0.2, 0) is 18.0 Å². The molecule has 3 N–H and O–H groups in total. The molecule has 1 atom stereocenters. The maximum atomic E-state index is 12.7. The highest BCUT2D eigenvalue weighted by molar-refractivity contribution is 6.03. The van der Waals surface area contributed by atoms with E-state index in [2.05, 4.69) is 25.0 Å². The molecule has 1 aromatic carbocycles. The lowest BCUT2D eigenvalue weighted by atomic mass is 10.0. The predicted octanol–water partition coefficient (Wildman–Crippen LogP) is 2.95. The summed E-state index contributed by atoms with van der Waals surface area (Å²) in [6.07, 6.45) is 10.8. The second-order valence-electron chi connectivity index (χ2n) is 8.38. The monoisotopic (exact) mass is 473 g/mol. The lowest BCUT2D eigenvalue weighted by Gasteiger charge is -2.18. The molecule has 1 aliphatic rings.